The van der Waals surface area contributed by atoms with E-state index in [4.69, 9.17) is 4.65 Å². The predicted octanol–water partition coefficient (Wildman–Crippen LogP) is 3.03. The van der Waals surface area contributed by atoms with Gasteiger partial charge in [-0.2, -0.15) is 0 Å². The molecule has 0 radical (unpaired) electrons. The highest BCUT2D eigenvalue weighted by molar-refractivity contribution is 6.83. The fraction of sp³-hybridized carbons (Fsp3) is 0.148. The summed E-state index contributed by atoms with van der Waals surface area (Å²) in [6, 6.07) is 29.8. The molecule has 166 valence electrons. The number of hydrogen-bond acceptors (Lipinski definition) is 4. The molecule has 3 heterocycles. The van der Waals surface area contributed by atoms with E-state index < -0.39 is 0 Å². The molecule has 4 aromatic rings. The molecule has 0 bridgehead atoms. The Kier molecular flexibility index (Phi) is 4.80. The van der Waals surface area contributed by atoms with Crippen molar-refractivity contribution in [1.82, 2.24) is 0 Å². The summed E-state index contributed by atoms with van der Waals surface area (Å²) in [5.41, 5.74) is 7.17. The van der Waals surface area contributed by atoms with Crippen molar-refractivity contribution in [1.29, 1.82) is 0 Å². The summed E-state index contributed by atoms with van der Waals surface area (Å²) in [6.07, 6.45) is 2.12. The monoisotopic (exact) mass is 445 g/mol. The van der Waals surface area contributed by atoms with E-state index in [9.17, 15) is 0 Å². The second-order valence-corrected chi connectivity index (χ2v) is 9.14. The van der Waals surface area contributed by atoms with Gasteiger partial charge >= 0.3 is 14.0 Å². The Labute approximate surface area is 202 Å². The normalized spacial score (nSPS) is 14.4. The van der Waals surface area contributed by atoms with Crippen LogP contribution >= 0.6 is 0 Å². The first-order valence-electron chi connectivity index (χ1n) is 11.7. The molecular formula is C27H27B2N4O+. The summed E-state index contributed by atoms with van der Waals surface area (Å²) in [6.45, 7) is 2.27. The second-order valence-electron chi connectivity index (χ2n) is 9.14. The average molecular weight is 445 g/mol. The van der Waals surface area contributed by atoms with Gasteiger partial charge < -0.3 is 14.3 Å². The van der Waals surface area contributed by atoms with Crippen molar-refractivity contribution in [2.45, 2.75) is 6.92 Å². The Bertz CT molecular complexity index is 1370. The molecule has 0 fully saturated rings. The lowest BCUT2D eigenvalue weighted by atomic mass is 9.65. The van der Waals surface area contributed by atoms with Crippen molar-refractivity contribution >= 4 is 47.8 Å². The number of aryl methyl sites for hydroxylation is 1. The highest BCUT2D eigenvalue weighted by atomic mass is 16.5. The van der Waals surface area contributed by atoms with Gasteiger partial charge in [-0.05, 0) is 56.2 Å². The minimum absolute atomic E-state index is 0.0547. The minimum atomic E-state index is -0.125. The van der Waals surface area contributed by atoms with Crippen molar-refractivity contribution < 1.29 is 9.22 Å². The molecule has 1 aromatic heterocycles. The van der Waals surface area contributed by atoms with Gasteiger partial charge in [-0.1, -0.05) is 60.7 Å². The van der Waals surface area contributed by atoms with Crippen LogP contribution in [0.15, 0.2) is 91.1 Å². The molecule has 2 aliphatic heterocycles. The zero-order valence-electron chi connectivity index (χ0n) is 20.0. The number of hydrogen-bond donors (Lipinski definition) is 0. The van der Waals surface area contributed by atoms with Gasteiger partial charge in [0.25, 0.3) is 5.82 Å². The zero-order chi connectivity index (χ0) is 23.4. The number of pyridine rings is 1. The van der Waals surface area contributed by atoms with E-state index in [1.807, 2.05) is 6.07 Å². The van der Waals surface area contributed by atoms with Crippen LogP contribution in [-0.4, -0.2) is 28.1 Å². The summed E-state index contributed by atoms with van der Waals surface area (Å²) >= 11 is 0. The third-order valence-corrected chi connectivity index (χ3v) is 7.10. The second kappa shape index (κ2) is 7.87. The highest BCUT2D eigenvalue weighted by Crippen LogP contribution is 2.46. The number of fused-ring (bicyclic) bond motifs is 2. The number of anilines is 4. The predicted molar refractivity (Wildman–Crippen MR) is 142 cm³/mol. The van der Waals surface area contributed by atoms with Crippen molar-refractivity contribution in [2.24, 2.45) is 7.05 Å². The third kappa shape index (κ3) is 3.00. The molecule has 0 spiro atoms. The topological polar surface area (TPSA) is 22.8 Å². The van der Waals surface area contributed by atoms with Crippen LogP contribution in [0.3, 0.4) is 0 Å². The Balaban J connectivity index is 1.50. The third-order valence-electron chi connectivity index (χ3n) is 7.10. The van der Waals surface area contributed by atoms with Crippen LogP contribution < -0.4 is 34.6 Å². The van der Waals surface area contributed by atoms with Crippen molar-refractivity contribution in [3.63, 3.8) is 0 Å². The minimum Gasteiger partial charge on any atom is -0.536 e. The summed E-state index contributed by atoms with van der Waals surface area (Å²) < 4.78 is 8.64. The molecule has 0 saturated heterocycles. The summed E-state index contributed by atoms with van der Waals surface area (Å²) in [5, 5.41) is 0. The largest absolute Gasteiger partial charge is 0.537 e. The van der Waals surface area contributed by atoms with Gasteiger partial charge in [0.2, 0.25) is 0 Å². The van der Waals surface area contributed by atoms with Crippen molar-refractivity contribution in [3.05, 3.63) is 96.7 Å². The lowest BCUT2D eigenvalue weighted by Crippen LogP contribution is -2.54. The zero-order valence-corrected chi connectivity index (χ0v) is 20.0. The van der Waals surface area contributed by atoms with E-state index in [0.29, 0.717) is 0 Å². The summed E-state index contributed by atoms with van der Waals surface area (Å²) in [7, 11) is 6.30. The molecule has 0 saturated carbocycles. The molecule has 3 aromatic carbocycles. The molecule has 0 atom stereocenters. The number of benzene rings is 3. The van der Waals surface area contributed by atoms with Crippen LogP contribution in [0, 0.1) is 6.92 Å². The van der Waals surface area contributed by atoms with E-state index in [-0.39, 0.29) is 14.0 Å². The van der Waals surface area contributed by atoms with Gasteiger partial charge in [-0.25, -0.2) is 4.57 Å². The van der Waals surface area contributed by atoms with Crippen LogP contribution in [0.5, 0.6) is 5.75 Å². The van der Waals surface area contributed by atoms with Crippen LogP contribution in [0.1, 0.15) is 5.56 Å². The van der Waals surface area contributed by atoms with Crippen LogP contribution in [0.2, 0.25) is 0 Å². The highest BCUT2D eigenvalue weighted by Gasteiger charge is 2.51. The van der Waals surface area contributed by atoms with Gasteiger partial charge in [0.1, 0.15) is 17.1 Å². The fourth-order valence-electron chi connectivity index (χ4n) is 5.51. The van der Waals surface area contributed by atoms with Gasteiger partial charge in [0.15, 0.2) is 0 Å². The molecule has 2 aliphatic rings. The summed E-state index contributed by atoms with van der Waals surface area (Å²) in [5.74, 6) is 2.11. The molecular weight excluding hydrogens is 418 g/mol. The number of nitrogens with zero attached hydrogens (tertiary/aromatic N) is 4. The molecule has 0 amide bonds. The first-order valence-corrected chi connectivity index (χ1v) is 11.7. The average Bonchev–Trinajstić information content (AvgIpc) is 3.36. The number of aromatic nitrogens is 1. The van der Waals surface area contributed by atoms with Crippen LogP contribution in [0.25, 0.3) is 0 Å². The maximum absolute atomic E-state index is 6.42. The summed E-state index contributed by atoms with van der Waals surface area (Å²) in [4.78, 5) is 7.08. The Morgan fingerprint density at radius 1 is 0.735 bits per heavy atom. The maximum atomic E-state index is 6.42. The standard InChI is InChI=1S/C27H27B2N4O/c1-20-23(17-18-25-26(20)32(4)29(34-25)22-14-9-6-10-15-22)33-27-24(16-11-19-30(27)2)31(3)28(33)21-12-7-5-8-13-21/h5-19H,1-4H3/q+1. The van der Waals surface area contributed by atoms with Crippen LogP contribution in [-0.2, 0) is 7.05 Å². The molecule has 7 heteroatoms. The van der Waals surface area contributed by atoms with E-state index >= 15 is 0 Å². The van der Waals surface area contributed by atoms with Gasteiger partial charge in [-0.3, -0.25) is 4.81 Å². The lowest BCUT2D eigenvalue weighted by Gasteiger charge is -2.24. The van der Waals surface area contributed by atoms with Gasteiger partial charge in [-0.15, -0.1) is 0 Å². The van der Waals surface area contributed by atoms with Crippen LogP contribution in [0.4, 0.5) is 22.9 Å². The molecule has 0 aliphatic carbocycles. The molecule has 0 N–H and O–H groups in total. The maximum Gasteiger partial charge on any atom is 0.537 e. The Morgan fingerprint density at radius 3 is 2.12 bits per heavy atom. The Hall–Kier alpha value is -3.86. The van der Waals surface area contributed by atoms with E-state index in [1.54, 1.807) is 0 Å². The van der Waals surface area contributed by atoms with E-state index in [1.165, 1.54) is 28.2 Å². The van der Waals surface area contributed by atoms with E-state index in [2.05, 4.69) is 132 Å². The molecule has 5 nitrogen and oxygen atoms in total. The van der Waals surface area contributed by atoms with Gasteiger partial charge in [0, 0.05) is 5.56 Å². The smallest absolute Gasteiger partial charge is 0.536 e. The number of rotatable bonds is 3. The SMILES string of the molecule is Cc1c(N2B(c3ccccc3)N(C)c3ccc[n+](C)c32)ccc2c1N(C)B(c1ccccc1)O2. The quantitative estimate of drug-likeness (QED) is 0.358. The van der Waals surface area contributed by atoms with E-state index in [0.717, 1.165) is 16.9 Å². The van der Waals surface area contributed by atoms with Crippen molar-refractivity contribution in [3.8, 4) is 5.75 Å². The Morgan fingerprint density at radius 2 is 1.41 bits per heavy atom. The van der Waals surface area contributed by atoms with Gasteiger partial charge in [0.05, 0.1) is 18.9 Å². The molecule has 6 rings (SSSR count). The lowest BCUT2D eigenvalue weighted by molar-refractivity contribution is -0.657. The first kappa shape index (κ1) is 20.7. The molecule has 0 unspecified atom stereocenters. The molecule has 34 heavy (non-hydrogen) atoms. The fourth-order valence-corrected chi connectivity index (χ4v) is 5.51. The van der Waals surface area contributed by atoms with Crippen molar-refractivity contribution in [2.75, 3.05) is 28.5 Å². The first-order chi connectivity index (χ1) is 16.6.